The second-order valence-electron chi connectivity index (χ2n) is 5.96. The Morgan fingerprint density at radius 1 is 1.17 bits per heavy atom. The molecule has 1 aliphatic heterocycles. The van der Waals surface area contributed by atoms with Crippen LogP contribution in [0.25, 0.3) is 0 Å². The van der Waals surface area contributed by atoms with Crippen LogP contribution in [-0.2, 0) is 10.0 Å². The zero-order valence-corrected chi connectivity index (χ0v) is 15.9. The van der Waals surface area contributed by atoms with E-state index in [1.54, 1.807) is 0 Å². The summed E-state index contributed by atoms with van der Waals surface area (Å²) in [5, 5.41) is 3.85. The number of carbonyl (C=O) groups excluding carboxylic acids is 1. The van der Waals surface area contributed by atoms with Gasteiger partial charge in [-0.25, -0.2) is 5.84 Å². The smallest absolute Gasteiger partial charge is 0.492 e. The van der Waals surface area contributed by atoms with Crippen molar-refractivity contribution in [2.45, 2.75) is 17.7 Å². The minimum atomic E-state index is -4.88. The van der Waals surface area contributed by atoms with E-state index >= 15 is 0 Å². The van der Waals surface area contributed by atoms with Gasteiger partial charge in [-0.3, -0.25) is 10.2 Å². The normalized spacial score (nSPS) is 15.1. The minimum absolute atomic E-state index is 0.151. The largest absolute Gasteiger partial charge is 0.573 e. The molecule has 13 heteroatoms. The van der Waals surface area contributed by atoms with Gasteiger partial charge in [-0.1, -0.05) is 0 Å². The van der Waals surface area contributed by atoms with E-state index in [-0.39, 0.29) is 40.5 Å². The lowest BCUT2D eigenvalue weighted by molar-refractivity contribution is -0.274. The molecule has 0 saturated carbocycles. The Kier molecular flexibility index (Phi) is 5.85. The molecule has 160 valence electrons. The zero-order valence-electron chi connectivity index (χ0n) is 15.1. The first kappa shape index (κ1) is 21.4. The molecule has 0 saturated heterocycles. The molecular formula is C17H15F3N4O5S. The Labute approximate surface area is 168 Å². The molecule has 1 amide bonds. The summed E-state index contributed by atoms with van der Waals surface area (Å²) < 4.78 is 71.5. The molecular weight excluding hydrogens is 429 g/mol. The molecule has 0 aromatic heterocycles. The maximum atomic E-state index is 12.5. The lowest BCUT2D eigenvalue weighted by atomic mass is 10.0. The highest BCUT2D eigenvalue weighted by Crippen LogP contribution is 2.31. The van der Waals surface area contributed by atoms with Gasteiger partial charge in [0, 0.05) is 17.5 Å². The summed E-state index contributed by atoms with van der Waals surface area (Å²) in [6.45, 7) is 0.163. The highest BCUT2D eigenvalue weighted by atomic mass is 32.2. The van der Waals surface area contributed by atoms with Crippen LogP contribution in [0.4, 0.5) is 13.2 Å². The number of hydrogen-bond acceptors (Lipinski definition) is 7. The molecule has 0 unspecified atom stereocenters. The molecule has 1 heterocycles. The van der Waals surface area contributed by atoms with Crippen LogP contribution in [-0.4, -0.2) is 33.0 Å². The molecule has 30 heavy (non-hydrogen) atoms. The first-order valence-electron chi connectivity index (χ1n) is 8.31. The number of rotatable bonds is 5. The SMILES string of the molecule is NNC(=O)c1ccc(S(=O)(=O)NN=C2CCOc3ccc(OC(F)(F)F)cc32)cc1. The van der Waals surface area contributed by atoms with Gasteiger partial charge in [-0.05, 0) is 42.5 Å². The van der Waals surface area contributed by atoms with E-state index in [4.69, 9.17) is 10.6 Å². The van der Waals surface area contributed by atoms with Crippen LogP contribution in [0.3, 0.4) is 0 Å². The predicted molar refractivity (Wildman–Crippen MR) is 98.2 cm³/mol. The average Bonchev–Trinajstić information content (AvgIpc) is 2.70. The third-order valence-electron chi connectivity index (χ3n) is 3.95. The molecule has 2 aromatic rings. The Bertz CT molecular complexity index is 1090. The summed E-state index contributed by atoms with van der Waals surface area (Å²) in [6, 6.07) is 8.30. The number of fused-ring (bicyclic) bond motifs is 1. The number of hydrazone groups is 1. The number of ether oxygens (including phenoxy) is 2. The van der Waals surface area contributed by atoms with Crippen LogP contribution in [0.5, 0.6) is 11.5 Å². The molecule has 2 aromatic carbocycles. The van der Waals surface area contributed by atoms with Gasteiger partial charge in [-0.15, -0.1) is 13.2 Å². The fourth-order valence-corrected chi connectivity index (χ4v) is 3.43. The fourth-order valence-electron chi connectivity index (χ4n) is 2.60. The van der Waals surface area contributed by atoms with Crippen molar-refractivity contribution in [1.82, 2.24) is 10.3 Å². The van der Waals surface area contributed by atoms with Crippen molar-refractivity contribution in [2.24, 2.45) is 10.9 Å². The molecule has 0 radical (unpaired) electrons. The number of nitrogens with two attached hydrogens (primary N) is 1. The molecule has 3 rings (SSSR count). The number of benzene rings is 2. The van der Waals surface area contributed by atoms with E-state index in [1.165, 1.54) is 30.3 Å². The van der Waals surface area contributed by atoms with Crippen molar-refractivity contribution in [3.05, 3.63) is 53.6 Å². The zero-order chi connectivity index (χ0) is 21.9. The Hall–Kier alpha value is -3.32. The van der Waals surface area contributed by atoms with Gasteiger partial charge >= 0.3 is 6.36 Å². The van der Waals surface area contributed by atoms with Gasteiger partial charge in [-0.2, -0.15) is 18.4 Å². The number of halogens is 3. The highest BCUT2D eigenvalue weighted by Gasteiger charge is 2.32. The number of sulfonamides is 1. The number of hydrogen-bond donors (Lipinski definition) is 3. The summed E-state index contributed by atoms with van der Waals surface area (Å²) in [6.07, 6.45) is -4.73. The third kappa shape index (κ3) is 4.99. The van der Waals surface area contributed by atoms with Crippen molar-refractivity contribution in [2.75, 3.05) is 6.61 Å². The van der Waals surface area contributed by atoms with Gasteiger partial charge in [0.25, 0.3) is 15.9 Å². The van der Waals surface area contributed by atoms with Crippen molar-refractivity contribution in [3.8, 4) is 11.5 Å². The van der Waals surface area contributed by atoms with Gasteiger partial charge in [0.15, 0.2) is 0 Å². The predicted octanol–water partition coefficient (Wildman–Crippen LogP) is 1.65. The number of carbonyl (C=O) groups is 1. The number of amides is 1. The topological polar surface area (TPSA) is 132 Å². The second kappa shape index (κ2) is 8.20. The van der Waals surface area contributed by atoms with Gasteiger partial charge in [0.05, 0.1) is 17.2 Å². The van der Waals surface area contributed by atoms with Crippen LogP contribution in [0.1, 0.15) is 22.3 Å². The fraction of sp³-hybridized carbons (Fsp3) is 0.176. The van der Waals surface area contributed by atoms with E-state index in [1.807, 2.05) is 10.3 Å². The van der Waals surface area contributed by atoms with Crippen molar-refractivity contribution in [3.63, 3.8) is 0 Å². The van der Waals surface area contributed by atoms with Crippen LogP contribution in [0.15, 0.2) is 52.5 Å². The highest BCUT2D eigenvalue weighted by molar-refractivity contribution is 7.89. The van der Waals surface area contributed by atoms with E-state index in [0.29, 0.717) is 0 Å². The van der Waals surface area contributed by atoms with Crippen LogP contribution in [0.2, 0.25) is 0 Å². The maximum Gasteiger partial charge on any atom is 0.573 e. The lowest BCUT2D eigenvalue weighted by Crippen LogP contribution is -2.30. The van der Waals surface area contributed by atoms with Crippen molar-refractivity contribution in [1.29, 1.82) is 0 Å². The minimum Gasteiger partial charge on any atom is -0.492 e. The van der Waals surface area contributed by atoms with Gasteiger partial charge in [0.1, 0.15) is 11.5 Å². The van der Waals surface area contributed by atoms with Gasteiger partial charge in [0.2, 0.25) is 0 Å². The first-order chi connectivity index (χ1) is 14.1. The Morgan fingerprint density at radius 3 is 2.50 bits per heavy atom. The average molecular weight is 444 g/mol. The van der Waals surface area contributed by atoms with Gasteiger partial charge < -0.3 is 9.47 Å². The number of alkyl halides is 3. The van der Waals surface area contributed by atoms with Crippen LogP contribution < -0.4 is 25.6 Å². The standard InChI is InChI=1S/C17H15F3N4O5S/c18-17(19,20)29-11-3-6-15-13(9-11)14(7-8-28-15)23-24-30(26,27)12-4-1-10(2-5-12)16(25)22-21/h1-6,9,24H,7-8,21H2,(H,22,25). The van der Waals surface area contributed by atoms with Crippen LogP contribution >= 0.6 is 0 Å². The monoisotopic (exact) mass is 444 g/mol. The van der Waals surface area contributed by atoms with Crippen LogP contribution in [0, 0.1) is 0 Å². The second-order valence-corrected chi connectivity index (χ2v) is 7.62. The maximum absolute atomic E-state index is 12.5. The van der Waals surface area contributed by atoms with E-state index in [2.05, 4.69) is 9.84 Å². The summed E-state index contributed by atoms with van der Waals surface area (Å²) in [7, 11) is -4.10. The summed E-state index contributed by atoms with van der Waals surface area (Å²) in [5.74, 6) is 4.17. The number of nitrogens with zero attached hydrogens (tertiary/aromatic N) is 1. The molecule has 1 aliphatic rings. The third-order valence-corrected chi connectivity index (χ3v) is 5.18. The summed E-state index contributed by atoms with van der Waals surface area (Å²) in [5.41, 5.74) is 2.41. The van der Waals surface area contributed by atoms with E-state index in [9.17, 15) is 26.4 Å². The number of nitrogen functional groups attached to an aromatic ring is 1. The summed E-state index contributed by atoms with van der Waals surface area (Å²) in [4.78, 5) is 13.3. The van der Waals surface area contributed by atoms with Crippen molar-refractivity contribution < 1.29 is 35.9 Å². The number of hydrazine groups is 1. The lowest BCUT2D eigenvalue weighted by Gasteiger charge is -2.20. The molecule has 4 N–H and O–H groups in total. The molecule has 0 fully saturated rings. The molecule has 0 bridgehead atoms. The van der Waals surface area contributed by atoms with Crippen molar-refractivity contribution >= 4 is 21.6 Å². The molecule has 0 aliphatic carbocycles. The quantitative estimate of drug-likeness (QED) is 0.365. The number of nitrogens with one attached hydrogen (secondary N) is 2. The Balaban J connectivity index is 1.84. The van der Waals surface area contributed by atoms with E-state index < -0.39 is 28.0 Å². The van der Waals surface area contributed by atoms with E-state index in [0.717, 1.165) is 12.1 Å². The Morgan fingerprint density at radius 2 is 1.87 bits per heavy atom. The summed E-state index contributed by atoms with van der Waals surface area (Å²) >= 11 is 0. The molecule has 0 atom stereocenters. The molecule has 0 spiro atoms. The molecule has 9 nitrogen and oxygen atoms in total. The first-order valence-corrected chi connectivity index (χ1v) is 9.80.